The van der Waals surface area contributed by atoms with Crippen molar-refractivity contribution in [1.29, 1.82) is 0 Å². The van der Waals surface area contributed by atoms with Gasteiger partial charge in [-0.25, -0.2) is 13.2 Å². The first kappa shape index (κ1) is 19.2. The summed E-state index contributed by atoms with van der Waals surface area (Å²) in [6.07, 6.45) is 3.43. The summed E-state index contributed by atoms with van der Waals surface area (Å²) in [5, 5.41) is 2.50. The molecule has 0 aliphatic carbocycles. The van der Waals surface area contributed by atoms with Gasteiger partial charge in [0.1, 0.15) is 11.3 Å². The van der Waals surface area contributed by atoms with Crippen LogP contribution in [-0.4, -0.2) is 30.1 Å². The number of carbonyl (C=O) groups excluding carboxylic acids is 1. The minimum absolute atomic E-state index is 0.129. The second-order valence-corrected chi connectivity index (χ2v) is 7.64. The molecule has 0 spiro atoms. The van der Waals surface area contributed by atoms with Crippen molar-refractivity contribution in [1.82, 2.24) is 9.55 Å². The van der Waals surface area contributed by atoms with Crippen LogP contribution in [0.3, 0.4) is 0 Å². The first-order valence-corrected chi connectivity index (χ1v) is 9.86. The number of benzene rings is 1. The van der Waals surface area contributed by atoms with Crippen LogP contribution < -0.4 is 21.3 Å². The second kappa shape index (κ2) is 7.56. The highest BCUT2D eigenvalue weighted by atomic mass is 32.2. The Balaban J connectivity index is 1.86. The van der Waals surface area contributed by atoms with Crippen LogP contribution in [0, 0.1) is 0 Å². The Morgan fingerprint density at radius 3 is 2.61 bits per heavy atom. The quantitative estimate of drug-likeness (QED) is 0.554. The Labute approximate surface area is 158 Å². The topological polar surface area (TPSA) is 143 Å². The van der Waals surface area contributed by atoms with Crippen molar-refractivity contribution >= 4 is 27.3 Å². The molecule has 28 heavy (non-hydrogen) atoms. The van der Waals surface area contributed by atoms with Crippen molar-refractivity contribution < 1.29 is 17.6 Å². The lowest BCUT2D eigenvalue weighted by molar-refractivity contribution is 0.102. The van der Waals surface area contributed by atoms with Crippen molar-refractivity contribution in [2.45, 2.75) is 6.54 Å². The second-order valence-electron chi connectivity index (χ2n) is 5.89. The monoisotopic (exact) mass is 404 g/mol. The summed E-state index contributed by atoms with van der Waals surface area (Å²) in [4.78, 5) is 39.3. The van der Waals surface area contributed by atoms with Crippen LogP contribution in [-0.2, 0) is 16.6 Å². The normalized spacial score (nSPS) is 11.2. The lowest BCUT2D eigenvalue weighted by Gasteiger charge is -2.09. The average Bonchev–Trinajstić information content (AvgIpc) is 3.10. The largest absolute Gasteiger partial charge is 0.467 e. The number of aromatic amines is 1. The number of nitrogens with zero attached hydrogens (tertiary/aromatic N) is 1. The molecule has 0 saturated heterocycles. The van der Waals surface area contributed by atoms with E-state index in [-0.39, 0.29) is 23.5 Å². The zero-order valence-corrected chi connectivity index (χ0v) is 15.4. The number of carbonyl (C=O) groups is 1. The van der Waals surface area contributed by atoms with Gasteiger partial charge in [-0.2, -0.15) is 0 Å². The fourth-order valence-electron chi connectivity index (χ4n) is 2.45. The molecule has 3 N–H and O–H groups in total. The number of aromatic nitrogens is 2. The van der Waals surface area contributed by atoms with E-state index < -0.39 is 27.2 Å². The molecule has 1 amide bonds. The van der Waals surface area contributed by atoms with E-state index >= 15 is 0 Å². The van der Waals surface area contributed by atoms with Gasteiger partial charge in [-0.3, -0.25) is 18.9 Å². The molecule has 0 atom stereocenters. The van der Waals surface area contributed by atoms with Crippen molar-refractivity contribution in [3.8, 4) is 0 Å². The number of amides is 1. The van der Waals surface area contributed by atoms with Gasteiger partial charge in [0.05, 0.1) is 24.8 Å². The fraction of sp³-hybridized carbons (Fsp3) is 0.118. The molecule has 0 saturated carbocycles. The molecule has 2 aromatic heterocycles. The van der Waals surface area contributed by atoms with Crippen LogP contribution in [0.15, 0.2) is 62.9 Å². The van der Waals surface area contributed by atoms with Crippen molar-refractivity contribution in [3.63, 3.8) is 0 Å². The number of nitrogens with one attached hydrogen (secondary N) is 3. The van der Waals surface area contributed by atoms with E-state index in [2.05, 4.69) is 15.0 Å². The van der Waals surface area contributed by atoms with Gasteiger partial charge in [-0.1, -0.05) is 6.07 Å². The number of furan rings is 1. The number of hydrogen-bond acceptors (Lipinski definition) is 6. The SMILES string of the molecule is CS(=O)(=O)Nc1cccc(NC(=O)c2c[nH]c(=O)n(Cc3ccco3)c2=O)c1. The van der Waals surface area contributed by atoms with Crippen molar-refractivity contribution in [2.75, 3.05) is 16.3 Å². The smallest absolute Gasteiger partial charge is 0.328 e. The molecule has 0 aliphatic rings. The molecule has 0 unspecified atom stereocenters. The van der Waals surface area contributed by atoms with Gasteiger partial charge in [0.25, 0.3) is 11.5 Å². The molecule has 146 valence electrons. The zero-order chi connectivity index (χ0) is 20.3. The first-order chi connectivity index (χ1) is 13.2. The van der Waals surface area contributed by atoms with Crippen LogP contribution >= 0.6 is 0 Å². The fourth-order valence-corrected chi connectivity index (χ4v) is 3.00. The Hall–Kier alpha value is -3.60. The minimum Gasteiger partial charge on any atom is -0.467 e. The Kier molecular flexibility index (Phi) is 5.18. The maximum Gasteiger partial charge on any atom is 0.328 e. The summed E-state index contributed by atoms with van der Waals surface area (Å²) < 4.78 is 30.9. The van der Waals surface area contributed by atoms with Gasteiger partial charge in [0, 0.05) is 11.9 Å². The van der Waals surface area contributed by atoms with Crippen LogP contribution in [0.1, 0.15) is 16.1 Å². The van der Waals surface area contributed by atoms with Crippen LogP contribution in [0.2, 0.25) is 0 Å². The molecule has 0 fully saturated rings. The highest BCUT2D eigenvalue weighted by molar-refractivity contribution is 7.92. The molecule has 0 radical (unpaired) electrons. The first-order valence-electron chi connectivity index (χ1n) is 7.97. The minimum atomic E-state index is -3.48. The van der Waals surface area contributed by atoms with Crippen LogP contribution in [0.25, 0.3) is 0 Å². The number of hydrogen-bond donors (Lipinski definition) is 3. The Morgan fingerprint density at radius 1 is 1.18 bits per heavy atom. The lowest BCUT2D eigenvalue weighted by atomic mass is 10.2. The molecule has 1 aromatic carbocycles. The summed E-state index contributed by atoms with van der Waals surface area (Å²) in [6, 6.07) is 9.17. The van der Waals surface area contributed by atoms with Gasteiger partial charge in [-0.15, -0.1) is 0 Å². The summed E-state index contributed by atoms with van der Waals surface area (Å²) in [6.45, 7) is -0.129. The highest BCUT2D eigenvalue weighted by Crippen LogP contribution is 2.16. The lowest BCUT2D eigenvalue weighted by Crippen LogP contribution is -2.39. The number of sulfonamides is 1. The maximum absolute atomic E-state index is 12.6. The molecule has 10 nitrogen and oxygen atoms in total. The van der Waals surface area contributed by atoms with Gasteiger partial charge in [0.15, 0.2) is 0 Å². The standard InChI is InChI=1S/C17H16N4O6S/c1-28(25,26)20-12-5-2-4-11(8-12)19-15(22)14-9-18-17(24)21(16(14)23)10-13-6-3-7-27-13/h2-9,20H,10H2,1H3,(H,18,24)(H,19,22). The van der Waals surface area contributed by atoms with Gasteiger partial charge in [0.2, 0.25) is 10.0 Å². The van der Waals surface area contributed by atoms with Crippen molar-refractivity contribution in [3.05, 3.63) is 81.0 Å². The summed E-state index contributed by atoms with van der Waals surface area (Å²) in [5.74, 6) is -0.379. The van der Waals surface area contributed by atoms with Crippen LogP contribution in [0.5, 0.6) is 0 Å². The number of H-pyrrole nitrogens is 1. The van der Waals surface area contributed by atoms with E-state index in [1.54, 1.807) is 12.1 Å². The third-order valence-electron chi connectivity index (χ3n) is 3.62. The maximum atomic E-state index is 12.6. The van der Waals surface area contributed by atoms with Gasteiger partial charge in [-0.05, 0) is 30.3 Å². The van der Waals surface area contributed by atoms with E-state index in [1.165, 1.54) is 30.5 Å². The molecular weight excluding hydrogens is 388 g/mol. The van der Waals surface area contributed by atoms with Crippen molar-refractivity contribution in [2.24, 2.45) is 0 Å². The highest BCUT2D eigenvalue weighted by Gasteiger charge is 2.16. The van der Waals surface area contributed by atoms with Gasteiger partial charge < -0.3 is 14.7 Å². The summed E-state index contributed by atoms with van der Waals surface area (Å²) in [5.41, 5.74) is -1.24. The molecular formula is C17H16N4O6S. The molecule has 3 rings (SSSR count). The predicted octanol–water partition coefficient (Wildman–Crippen LogP) is 0.802. The molecule has 3 aromatic rings. The predicted molar refractivity (Wildman–Crippen MR) is 102 cm³/mol. The number of anilines is 2. The summed E-state index contributed by atoms with van der Waals surface area (Å²) >= 11 is 0. The molecule has 2 heterocycles. The summed E-state index contributed by atoms with van der Waals surface area (Å²) in [7, 11) is -3.48. The third-order valence-corrected chi connectivity index (χ3v) is 4.23. The van der Waals surface area contributed by atoms with E-state index in [4.69, 9.17) is 4.42 Å². The molecule has 0 aliphatic heterocycles. The third kappa shape index (κ3) is 4.57. The average molecular weight is 404 g/mol. The van der Waals surface area contributed by atoms with Crippen LogP contribution in [0.4, 0.5) is 11.4 Å². The van der Waals surface area contributed by atoms with E-state index in [0.717, 1.165) is 17.0 Å². The zero-order valence-electron chi connectivity index (χ0n) is 14.6. The van der Waals surface area contributed by atoms with Gasteiger partial charge >= 0.3 is 5.69 Å². The van der Waals surface area contributed by atoms with E-state index in [1.807, 2.05) is 0 Å². The Morgan fingerprint density at radius 2 is 1.93 bits per heavy atom. The molecule has 11 heteroatoms. The number of rotatable bonds is 6. The van der Waals surface area contributed by atoms with E-state index in [9.17, 15) is 22.8 Å². The molecule has 0 bridgehead atoms. The van der Waals surface area contributed by atoms with E-state index in [0.29, 0.717) is 5.76 Å². The Bertz CT molecular complexity index is 1230.